The zero-order valence-electron chi connectivity index (χ0n) is 19.0. The van der Waals surface area contributed by atoms with E-state index in [1.165, 1.54) is 10.9 Å². The number of hydrogen-bond acceptors (Lipinski definition) is 10. The molecule has 4 atom stereocenters. The number of fused-ring (bicyclic) bond motifs is 2. The van der Waals surface area contributed by atoms with Crippen LogP contribution in [0.4, 0.5) is 5.82 Å². The van der Waals surface area contributed by atoms with Gasteiger partial charge in [0.25, 0.3) is 0 Å². The van der Waals surface area contributed by atoms with Crippen molar-refractivity contribution in [1.29, 1.82) is 0 Å². The second kappa shape index (κ2) is 10.4. The Hall–Kier alpha value is -3.00. The highest BCUT2D eigenvalue weighted by atomic mass is 35.5. The average Bonchev–Trinajstić information content (AvgIpc) is 3.39. The minimum Gasteiger partial charge on any atom is -0.387 e. The van der Waals surface area contributed by atoms with E-state index in [-0.39, 0.29) is 23.4 Å². The van der Waals surface area contributed by atoms with Crippen molar-refractivity contribution >= 4 is 53.0 Å². The third kappa shape index (κ3) is 5.49. The summed E-state index contributed by atoms with van der Waals surface area (Å²) in [6.45, 7) is -0.357. The predicted molar refractivity (Wildman–Crippen MR) is 134 cm³/mol. The monoisotopic (exact) mass is 548 g/mol. The maximum Gasteiger partial charge on any atom is 0.350 e. The van der Waals surface area contributed by atoms with Gasteiger partial charge in [-0.15, -0.1) is 0 Å². The van der Waals surface area contributed by atoms with E-state index in [1.54, 1.807) is 6.21 Å². The standard InChI is InChI=1S/C22H22ClN6O7P/c23-22-26-19(28-24-8-13-6-3-5-12-4-1-2-7-14(12)13)15-9-25-29(20(15)27-22)21-18(31)17(30)16(36-21)10-35-11-37(32,33)34/h1-9,16-18,21,30-31H,10-11H2,(H,26,27,28)(H2,32,33,34)/b24-8+/t16-,17-,18-,21-/m1/s1. The van der Waals surface area contributed by atoms with E-state index >= 15 is 0 Å². The lowest BCUT2D eigenvalue weighted by atomic mass is 10.1. The van der Waals surface area contributed by atoms with Crippen LogP contribution in [0.15, 0.2) is 53.8 Å². The Morgan fingerprint density at radius 2 is 1.92 bits per heavy atom. The van der Waals surface area contributed by atoms with Crippen LogP contribution >= 0.6 is 19.2 Å². The minimum atomic E-state index is -4.40. The SMILES string of the molecule is O=P(O)(O)COC[C@H]1O[C@@H](n2ncc3c(N/N=C/c4cccc5ccccc45)nc(Cl)nc32)[C@H](O)[C@@H]1O. The largest absolute Gasteiger partial charge is 0.387 e. The number of nitrogens with zero attached hydrogens (tertiary/aromatic N) is 5. The number of halogens is 1. The summed E-state index contributed by atoms with van der Waals surface area (Å²) in [4.78, 5) is 26.2. The van der Waals surface area contributed by atoms with Crippen LogP contribution in [0, 0.1) is 0 Å². The van der Waals surface area contributed by atoms with Gasteiger partial charge in [0.05, 0.1) is 24.4 Å². The lowest BCUT2D eigenvalue weighted by molar-refractivity contribution is -0.0658. The lowest BCUT2D eigenvalue weighted by Gasteiger charge is -2.16. The van der Waals surface area contributed by atoms with Crippen molar-refractivity contribution in [2.75, 3.05) is 18.4 Å². The summed E-state index contributed by atoms with van der Waals surface area (Å²) in [5.41, 5.74) is 3.94. The number of aliphatic hydroxyl groups excluding tert-OH is 2. The zero-order valence-corrected chi connectivity index (χ0v) is 20.6. The Bertz CT molecular complexity index is 1510. The maximum atomic E-state index is 11.0. The van der Waals surface area contributed by atoms with E-state index in [2.05, 4.69) is 25.6 Å². The van der Waals surface area contributed by atoms with Gasteiger partial charge >= 0.3 is 7.60 Å². The van der Waals surface area contributed by atoms with Crippen LogP contribution in [0.1, 0.15) is 11.8 Å². The highest BCUT2D eigenvalue weighted by Crippen LogP contribution is 2.36. The van der Waals surface area contributed by atoms with E-state index in [0.717, 1.165) is 16.3 Å². The van der Waals surface area contributed by atoms with Gasteiger partial charge in [-0.3, -0.25) is 9.99 Å². The molecule has 2 aromatic carbocycles. The number of benzene rings is 2. The Morgan fingerprint density at radius 3 is 2.73 bits per heavy atom. The first-order valence-corrected chi connectivity index (χ1v) is 13.2. The summed E-state index contributed by atoms with van der Waals surface area (Å²) >= 11 is 6.14. The minimum absolute atomic E-state index is 0.119. The van der Waals surface area contributed by atoms with E-state index in [9.17, 15) is 14.8 Å². The molecule has 5 rings (SSSR count). The number of aliphatic hydroxyl groups is 2. The molecule has 0 spiro atoms. The molecular formula is C22H22ClN6O7P. The molecule has 194 valence electrons. The molecule has 0 unspecified atom stereocenters. The topological polar surface area (TPSA) is 184 Å². The van der Waals surface area contributed by atoms with E-state index in [0.29, 0.717) is 5.39 Å². The first-order valence-electron chi connectivity index (χ1n) is 11.0. The maximum absolute atomic E-state index is 11.0. The van der Waals surface area contributed by atoms with Crippen molar-refractivity contribution in [2.24, 2.45) is 5.10 Å². The van der Waals surface area contributed by atoms with Gasteiger partial charge in [0.1, 0.15) is 24.7 Å². The van der Waals surface area contributed by atoms with Crippen LogP contribution in [0.2, 0.25) is 5.28 Å². The number of hydrogen-bond donors (Lipinski definition) is 5. The van der Waals surface area contributed by atoms with Crippen molar-refractivity contribution in [3.63, 3.8) is 0 Å². The fraction of sp³-hybridized carbons (Fsp3) is 0.273. The summed E-state index contributed by atoms with van der Waals surface area (Å²) in [5.74, 6) is 0.257. The summed E-state index contributed by atoms with van der Waals surface area (Å²) in [5, 5.41) is 31.8. The molecule has 0 bridgehead atoms. The Balaban J connectivity index is 1.37. The van der Waals surface area contributed by atoms with Crippen molar-refractivity contribution < 1.29 is 34.0 Å². The average molecular weight is 549 g/mol. The molecule has 1 aliphatic heterocycles. The number of nitrogens with one attached hydrogen (secondary N) is 1. The molecule has 13 nitrogen and oxygen atoms in total. The van der Waals surface area contributed by atoms with Crippen LogP contribution < -0.4 is 5.43 Å². The highest BCUT2D eigenvalue weighted by molar-refractivity contribution is 7.51. The predicted octanol–water partition coefficient (Wildman–Crippen LogP) is 1.85. The summed E-state index contributed by atoms with van der Waals surface area (Å²) in [6.07, 6.45) is -2.83. The molecule has 1 aliphatic rings. The second-order valence-corrected chi connectivity index (χ2v) is 10.2. The smallest absolute Gasteiger partial charge is 0.350 e. The van der Waals surface area contributed by atoms with Crippen LogP contribution in [0.3, 0.4) is 0 Å². The van der Waals surface area contributed by atoms with E-state index in [1.807, 2.05) is 42.5 Å². The number of rotatable bonds is 8. The number of aromatic nitrogens is 4. The lowest BCUT2D eigenvalue weighted by Crippen LogP contribution is -2.34. The molecular weight excluding hydrogens is 527 g/mol. The molecule has 4 aromatic rings. The fourth-order valence-electron chi connectivity index (χ4n) is 4.05. The number of ether oxygens (including phenoxy) is 2. The molecule has 1 fully saturated rings. The first-order chi connectivity index (χ1) is 17.7. The van der Waals surface area contributed by atoms with Gasteiger partial charge in [-0.05, 0) is 22.4 Å². The summed E-state index contributed by atoms with van der Waals surface area (Å²) in [6, 6.07) is 13.8. The van der Waals surface area contributed by atoms with Crippen molar-refractivity contribution in [1.82, 2.24) is 19.7 Å². The summed E-state index contributed by atoms with van der Waals surface area (Å²) in [7, 11) is -4.40. The second-order valence-electron chi connectivity index (χ2n) is 8.32. The van der Waals surface area contributed by atoms with E-state index < -0.39 is 38.5 Å². The van der Waals surface area contributed by atoms with Crippen molar-refractivity contribution in [3.05, 3.63) is 59.5 Å². The fourth-order valence-corrected chi connectivity index (χ4v) is 4.56. The van der Waals surface area contributed by atoms with Gasteiger partial charge in [-0.2, -0.15) is 20.2 Å². The highest BCUT2D eigenvalue weighted by Gasteiger charge is 2.45. The molecule has 5 N–H and O–H groups in total. The zero-order chi connectivity index (χ0) is 26.2. The van der Waals surface area contributed by atoms with E-state index in [4.69, 9.17) is 30.9 Å². The molecule has 15 heteroatoms. The number of anilines is 1. The van der Waals surface area contributed by atoms with Gasteiger partial charge in [0.15, 0.2) is 17.7 Å². The first kappa shape index (κ1) is 25.6. The normalized spacial score (nSPS) is 22.4. The van der Waals surface area contributed by atoms with Gasteiger partial charge < -0.3 is 29.5 Å². The molecule has 3 heterocycles. The van der Waals surface area contributed by atoms with Crippen LogP contribution in [-0.4, -0.2) is 77.2 Å². The summed E-state index contributed by atoms with van der Waals surface area (Å²) < 4.78 is 22.8. The van der Waals surface area contributed by atoms with Gasteiger partial charge in [-0.1, -0.05) is 42.5 Å². The molecule has 37 heavy (non-hydrogen) atoms. The van der Waals surface area contributed by atoms with Crippen LogP contribution in [0.25, 0.3) is 21.8 Å². The Kier molecular flexibility index (Phi) is 7.21. The van der Waals surface area contributed by atoms with Crippen LogP contribution in [0.5, 0.6) is 0 Å². The molecule has 0 radical (unpaired) electrons. The van der Waals surface area contributed by atoms with Gasteiger partial charge in [-0.25, -0.2) is 4.68 Å². The molecule has 0 saturated carbocycles. The third-order valence-corrected chi connectivity index (χ3v) is 6.43. The Morgan fingerprint density at radius 1 is 1.14 bits per heavy atom. The molecule has 2 aromatic heterocycles. The van der Waals surface area contributed by atoms with Crippen molar-refractivity contribution in [3.8, 4) is 0 Å². The van der Waals surface area contributed by atoms with Gasteiger partial charge in [0.2, 0.25) is 5.28 Å². The number of hydrazone groups is 1. The molecule has 1 saturated heterocycles. The quantitative estimate of drug-likeness (QED) is 0.0936. The van der Waals surface area contributed by atoms with Gasteiger partial charge in [0, 0.05) is 5.56 Å². The van der Waals surface area contributed by atoms with Crippen molar-refractivity contribution in [2.45, 2.75) is 24.5 Å². The molecule has 0 amide bonds. The molecule has 0 aliphatic carbocycles. The van der Waals surface area contributed by atoms with Crippen LogP contribution in [-0.2, 0) is 14.0 Å². The third-order valence-electron chi connectivity index (χ3n) is 5.74. The Labute approximate surface area is 214 Å².